The van der Waals surface area contributed by atoms with Crippen molar-refractivity contribution in [3.8, 4) is 0 Å². The fraction of sp³-hybridized carbons (Fsp3) is 0.667. The van der Waals surface area contributed by atoms with Crippen molar-refractivity contribution >= 4 is 38.2 Å². The molecule has 106 valence electrons. The van der Waals surface area contributed by atoms with Crippen LogP contribution >= 0.6 is 22.6 Å². The molecule has 1 N–H and O–H groups in total. The van der Waals surface area contributed by atoms with E-state index in [0.717, 1.165) is 27.9 Å². The molecule has 1 unspecified atom stereocenters. The van der Waals surface area contributed by atoms with E-state index in [-0.39, 0.29) is 17.4 Å². The highest BCUT2D eigenvalue weighted by Gasteiger charge is 2.31. The summed E-state index contributed by atoms with van der Waals surface area (Å²) in [6.45, 7) is 2.11. The van der Waals surface area contributed by atoms with E-state index in [1.807, 2.05) is 7.05 Å². The minimum Gasteiger partial charge on any atom is -0.372 e. The Bertz CT molecular complexity index is 575. The van der Waals surface area contributed by atoms with E-state index in [4.69, 9.17) is 0 Å². The van der Waals surface area contributed by atoms with Crippen molar-refractivity contribution in [2.75, 3.05) is 23.9 Å². The zero-order chi connectivity index (χ0) is 14.0. The number of nitrogens with one attached hydrogen (secondary N) is 1. The molecule has 5 nitrogen and oxygen atoms in total. The molecule has 1 saturated heterocycles. The first-order chi connectivity index (χ1) is 8.96. The van der Waals surface area contributed by atoms with Gasteiger partial charge in [0.15, 0.2) is 9.84 Å². The summed E-state index contributed by atoms with van der Waals surface area (Å²) in [6, 6.07) is 0. The molecule has 1 atom stereocenters. The monoisotopic (exact) mass is 395 g/mol. The van der Waals surface area contributed by atoms with Gasteiger partial charge in [0.25, 0.3) is 0 Å². The maximum atomic E-state index is 11.6. The zero-order valence-corrected chi connectivity index (χ0v) is 14.1. The topological polar surface area (TPSA) is 72.0 Å². The number of rotatable bonds is 4. The van der Waals surface area contributed by atoms with Crippen LogP contribution in [0.15, 0.2) is 0 Å². The van der Waals surface area contributed by atoms with Crippen LogP contribution in [0.4, 0.5) is 5.82 Å². The number of sulfone groups is 1. The number of hydrogen-bond acceptors (Lipinski definition) is 5. The van der Waals surface area contributed by atoms with Gasteiger partial charge < -0.3 is 5.32 Å². The Morgan fingerprint density at radius 2 is 2.16 bits per heavy atom. The highest BCUT2D eigenvalue weighted by molar-refractivity contribution is 14.1. The lowest BCUT2D eigenvalue weighted by Gasteiger charge is -2.13. The SMILES string of the molecule is CCCc1nc(C2CCS(=O)(=O)C2)nc(NC)c1I. The van der Waals surface area contributed by atoms with Crippen molar-refractivity contribution < 1.29 is 8.42 Å². The van der Waals surface area contributed by atoms with Gasteiger partial charge in [-0.05, 0) is 35.4 Å². The van der Waals surface area contributed by atoms with E-state index in [1.54, 1.807) is 0 Å². The first kappa shape index (κ1) is 15.0. The van der Waals surface area contributed by atoms with E-state index >= 15 is 0 Å². The second-order valence-corrected chi connectivity index (χ2v) is 8.10. The smallest absolute Gasteiger partial charge is 0.151 e. The maximum Gasteiger partial charge on any atom is 0.151 e. The number of nitrogens with zero attached hydrogens (tertiary/aromatic N) is 2. The van der Waals surface area contributed by atoms with Gasteiger partial charge in [-0.3, -0.25) is 0 Å². The molecule has 1 fully saturated rings. The van der Waals surface area contributed by atoms with Crippen LogP contribution in [0.3, 0.4) is 0 Å². The Labute approximate surface area is 127 Å². The van der Waals surface area contributed by atoms with E-state index < -0.39 is 9.84 Å². The Morgan fingerprint density at radius 1 is 1.42 bits per heavy atom. The summed E-state index contributed by atoms with van der Waals surface area (Å²) in [5.74, 6) is 1.87. The largest absolute Gasteiger partial charge is 0.372 e. The van der Waals surface area contributed by atoms with Crippen LogP contribution < -0.4 is 5.32 Å². The third-order valence-corrected chi connectivity index (χ3v) is 6.16. The lowest BCUT2D eigenvalue weighted by atomic mass is 10.1. The van der Waals surface area contributed by atoms with Crippen molar-refractivity contribution in [2.24, 2.45) is 0 Å². The van der Waals surface area contributed by atoms with Gasteiger partial charge in [0.05, 0.1) is 20.8 Å². The van der Waals surface area contributed by atoms with Crippen molar-refractivity contribution in [3.63, 3.8) is 0 Å². The molecule has 0 aliphatic carbocycles. The molecule has 2 heterocycles. The molecule has 0 saturated carbocycles. The van der Waals surface area contributed by atoms with Crippen LogP contribution in [-0.4, -0.2) is 36.9 Å². The summed E-state index contributed by atoms with van der Waals surface area (Å²) in [4.78, 5) is 9.08. The third-order valence-electron chi connectivity index (χ3n) is 3.26. The first-order valence-electron chi connectivity index (χ1n) is 6.41. The molecule has 1 aliphatic heterocycles. The molecule has 2 rings (SSSR count). The second-order valence-electron chi connectivity index (χ2n) is 4.79. The molecule has 1 aromatic rings. The van der Waals surface area contributed by atoms with E-state index in [9.17, 15) is 8.42 Å². The van der Waals surface area contributed by atoms with Crippen molar-refractivity contribution in [1.82, 2.24) is 9.97 Å². The first-order valence-corrected chi connectivity index (χ1v) is 9.31. The van der Waals surface area contributed by atoms with Crippen molar-refractivity contribution in [1.29, 1.82) is 0 Å². The van der Waals surface area contributed by atoms with Gasteiger partial charge in [0, 0.05) is 13.0 Å². The molecular formula is C12H18IN3O2S. The molecule has 0 amide bonds. The highest BCUT2D eigenvalue weighted by Crippen LogP contribution is 2.29. The van der Waals surface area contributed by atoms with Crippen LogP contribution in [-0.2, 0) is 16.3 Å². The van der Waals surface area contributed by atoms with Crippen molar-refractivity contribution in [2.45, 2.75) is 32.1 Å². The second kappa shape index (κ2) is 5.90. The number of aryl methyl sites for hydroxylation is 1. The van der Waals surface area contributed by atoms with Crippen LogP contribution in [0.2, 0.25) is 0 Å². The number of aromatic nitrogens is 2. The van der Waals surface area contributed by atoms with E-state index in [2.05, 4.69) is 44.8 Å². The van der Waals surface area contributed by atoms with E-state index in [0.29, 0.717) is 12.2 Å². The van der Waals surface area contributed by atoms with Gasteiger partial charge in [-0.2, -0.15) is 0 Å². The number of halogens is 1. The normalized spacial score (nSPS) is 21.5. The Morgan fingerprint density at radius 3 is 2.68 bits per heavy atom. The standard InChI is InChI=1S/C12H18IN3O2S/c1-3-4-9-10(13)12(14-2)16-11(15-9)8-5-6-19(17,18)7-8/h8H,3-7H2,1-2H3,(H,14,15,16). The lowest BCUT2D eigenvalue weighted by Crippen LogP contribution is -2.12. The summed E-state index contributed by atoms with van der Waals surface area (Å²) in [5.41, 5.74) is 1.02. The molecule has 0 radical (unpaired) electrons. The quantitative estimate of drug-likeness (QED) is 0.790. The summed E-state index contributed by atoms with van der Waals surface area (Å²) >= 11 is 2.25. The fourth-order valence-electron chi connectivity index (χ4n) is 2.26. The van der Waals surface area contributed by atoms with Gasteiger partial charge in [0.2, 0.25) is 0 Å². The summed E-state index contributed by atoms with van der Waals surface area (Å²) in [7, 11) is -1.07. The molecule has 0 aromatic carbocycles. The molecule has 0 bridgehead atoms. The van der Waals surface area contributed by atoms with Gasteiger partial charge >= 0.3 is 0 Å². The average Bonchev–Trinajstić information content (AvgIpc) is 2.72. The average molecular weight is 395 g/mol. The number of hydrogen-bond donors (Lipinski definition) is 1. The van der Waals surface area contributed by atoms with E-state index in [1.165, 1.54) is 0 Å². The molecule has 7 heteroatoms. The zero-order valence-electron chi connectivity index (χ0n) is 11.1. The Balaban J connectivity index is 2.38. The van der Waals surface area contributed by atoms with Gasteiger partial charge in [-0.1, -0.05) is 13.3 Å². The summed E-state index contributed by atoms with van der Waals surface area (Å²) < 4.78 is 24.2. The summed E-state index contributed by atoms with van der Waals surface area (Å²) in [5, 5.41) is 3.07. The molecular weight excluding hydrogens is 377 g/mol. The molecule has 1 aromatic heterocycles. The predicted octanol–water partition coefficient (Wildman–Crippen LogP) is 1.98. The Hall–Kier alpha value is -0.440. The summed E-state index contributed by atoms with van der Waals surface area (Å²) in [6.07, 6.45) is 2.54. The highest BCUT2D eigenvalue weighted by atomic mass is 127. The van der Waals surface area contributed by atoms with Crippen LogP contribution in [0.1, 0.15) is 37.2 Å². The van der Waals surface area contributed by atoms with Crippen LogP contribution in [0.25, 0.3) is 0 Å². The minimum absolute atomic E-state index is 0.0512. The molecule has 19 heavy (non-hydrogen) atoms. The maximum absolute atomic E-state index is 11.6. The van der Waals surface area contributed by atoms with Gasteiger partial charge in [0.1, 0.15) is 11.6 Å². The third kappa shape index (κ3) is 3.36. The fourth-order valence-corrected chi connectivity index (χ4v) is 4.78. The Kier molecular flexibility index (Phi) is 4.65. The molecule has 1 aliphatic rings. The molecule has 0 spiro atoms. The van der Waals surface area contributed by atoms with Crippen molar-refractivity contribution in [3.05, 3.63) is 15.1 Å². The van der Waals surface area contributed by atoms with Gasteiger partial charge in [-0.15, -0.1) is 0 Å². The predicted molar refractivity (Wildman–Crippen MR) is 84.3 cm³/mol. The lowest BCUT2D eigenvalue weighted by molar-refractivity contribution is 0.601. The minimum atomic E-state index is -2.90. The van der Waals surface area contributed by atoms with Crippen LogP contribution in [0.5, 0.6) is 0 Å². The number of anilines is 1. The van der Waals surface area contributed by atoms with Gasteiger partial charge in [-0.25, -0.2) is 18.4 Å². The van der Waals surface area contributed by atoms with Crippen LogP contribution in [0, 0.1) is 3.57 Å².